The number of anilines is 3. The first-order valence-electron chi connectivity index (χ1n) is 9.64. The largest absolute Gasteiger partial charge is 0.471 e. The molecule has 4 rings (SSSR count). The molecule has 2 N–H and O–H groups in total. The molecule has 3 heterocycles. The van der Waals surface area contributed by atoms with E-state index in [0.717, 1.165) is 4.47 Å². The summed E-state index contributed by atoms with van der Waals surface area (Å²) in [5, 5.41) is 6.23. The Balaban J connectivity index is 1.74. The van der Waals surface area contributed by atoms with Crippen molar-refractivity contribution in [3.8, 4) is 5.88 Å². The number of nitrogens with one attached hydrogen (secondary N) is 2. The van der Waals surface area contributed by atoms with E-state index >= 15 is 0 Å². The molecule has 0 saturated heterocycles. The Bertz CT molecular complexity index is 1350. The van der Waals surface area contributed by atoms with Crippen LogP contribution in [0.1, 0.15) is 10.4 Å². The number of carbonyl (C=O) groups is 1. The average Bonchev–Trinajstić information content (AvgIpc) is 3.10. The monoisotopic (exact) mass is 570 g/mol. The van der Waals surface area contributed by atoms with E-state index in [1.807, 2.05) is 0 Å². The van der Waals surface area contributed by atoms with Gasteiger partial charge < -0.3 is 15.4 Å². The summed E-state index contributed by atoms with van der Waals surface area (Å²) in [6.45, 7) is -0.928. The third-order valence-corrected chi connectivity index (χ3v) is 5.69. The van der Waals surface area contributed by atoms with Crippen LogP contribution in [0.25, 0.3) is 11.2 Å². The van der Waals surface area contributed by atoms with Gasteiger partial charge in [0.2, 0.25) is 11.8 Å². The van der Waals surface area contributed by atoms with Crippen LogP contribution in [0.2, 0.25) is 10.0 Å². The predicted octanol–water partition coefficient (Wildman–Crippen LogP) is 6.07. The minimum Gasteiger partial charge on any atom is -0.471 e. The Kier molecular flexibility index (Phi) is 7.15. The molecule has 0 spiro atoms. The highest BCUT2D eigenvalue weighted by molar-refractivity contribution is 9.10. The zero-order valence-electron chi connectivity index (χ0n) is 17.3. The summed E-state index contributed by atoms with van der Waals surface area (Å²) in [6.07, 6.45) is 0.0781. The van der Waals surface area contributed by atoms with Crippen molar-refractivity contribution in [3.05, 3.63) is 62.8 Å². The number of aryl methyl sites for hydroxylation is 1. The van der Waals surface area contributed by atoms with Gasteiger partial charge in [0.15, 0.2) is 12.3 Å². The molecule has 1 aromatic carbocycles. The topological polar surface area (TPSA) is 94.0 Å². The molecule has 0 unspecified atom stereocenters. The first-order chi connectivity index (χ1) is 16.2. The number of hydrogen-bond donors (Lipinski definition) is 2. The fraction of sp³-hybridized carbons (Fsp3) is 0.143. The lowest BCUT2D eigenvalue weighted by Crippen LogP contribution is -2.17. The van der Waals surface area contributed by atoms with Crippen LogP contribution in [-0.2, 0) is 7.05 Å². The Morgan fingerprint density at radius 3 is 2.50 bits per heavy atom. The van der Waals surface area contributed by atoms with Crippen molar-refractivity contribution >= 4 is 73.5 Å². The van der Waals surface area contributed by atoms with E-state index in [9.17, 15) is 13.6 Å². The van der Waals surface area contributed by atoms with Gasteiger partial charge in [-0.2, -0.15) is 4.98 Å². The van der Waals surface area contributed by atoms with Gasteiger partial charge in [0, 0.05) is 29.6 Å². The third kappa shape index (κ3) is 5.21. The summed E-state index contributed by atoms with van der Waals surface area (Å²) < 4.78 is 33.2. The Labute approximate surface area is 210 Å². The number of alkyl halides is 2. The molecule has 34 heavy (non-hydrogen) atoms. The second-order valence-corrected chi connectivity index (χ2v) is 8.67. The van der Waals surface area contributed by atoms with Gasteiger partial charge in [-0.25, -0.2) is 13.8 Å². The van der Waals surface area contributed by atoms with E-state index in [4.69, 9.17) is 27.9 Å². The maximum atomic E-state index is 13.0. The SMILES string of the molecule is Cn1c(Nc2c(Cl)cncc2Cl)nc2cc(C(=O)Nc3ccc(Br)cc3)c(OCC(F)F)nc21. The lowest BCUT2D eigenvalue weighted by Gasteiger charge is -2.11. The van der Waals surface area contributed by atoms with Crippen molar-refractivity contribution in [1.82, 2.24) is 19.5 Å². The Morgan fingerprint density at radius 2 is 1.85 bits per heavy atom. The quantitative estimate of drug-likeness (QED) is 0.279. The lowest BCUT2D eigenvalue weighted by atomic mass is 10.2. The molecule has 0 bridgehead atoms. The predicted molar refractivity (Wildman–Crippen MR) is 130 cm³/mol. The fourth-order valence-electron chi connectivity index (χ4n) is 3.00. The van der Waals surface area contributed by atoms with E-state index in [1.165, 1.54) is 18.5 Å². The summed E-state index contributed by atoms with van der Waals surface area (Å²) in [4.78, 5) is 25.6. The van der Waals surface area contributed by atoms with Crippen molar-refractivity contribution in [2.75, 3.05) is 17.2 Å². The number of aromatic nitrogens is 4. The van der Waals surface area contributed by atoms with Gasteiger partial charge in [0.1, 0.15) is 11.1 Å². The molecule has 0 atom stereocenters. The van der Waals surface area contributed by atoms with Crippen molar-refractivity contribution in [1.29, 1.82) is 0 Å². The van der Waals surface area contributed by atoms with Crippen molar-refractivity contribution < 1.29 is 18.3 Å². The number of pyridine rings is 2. The highest BCUT2D eigenvalue weighted by Crippen LogP contribution is 2.33. The molecule has 0 aliphatic heterocycles. The Morgan fingerprint density at radius 1 is 1.18 bits per heavy atom. The number of carbonyl (C=O) groups excluding carboxylic acids is 1. The van der Waals surface area contributed by atoms with Crippen LogP contribution in [-0.4, -0.2) is 38.5 Å². The summed E-state index contributed by atoms with van der Waals surface area (Å²) in [5.74, 6) is -0.555. The smallest absolute Gasteiger partial charge is 0.272 e. The highest BCUT2D eigenvalue weighted by Gasteiger charge is 2.21. The second-order valence-electron chi connectivity index (χ2n) is 6.94. The van der Waals surface area contributed by atoms with Gasteiger partial charge in [-0.05, 0) is 30.3 Å². The van der Waals surface area contributed by atoms with E-state index in [1.54, 1.807) is 35.9 Å². The van der Waals surface area contributed by atoms with E-state index in [0.29, 0.717) is 22.8 Å². The molecule has 13 heteroatoms. The first-order valence-corrected chi connectivity index (χ1v) is 11.2. The van der Waals surface area contributed by atoms with Gasteiger partial charge in [0.05, 0.1) is 15.7 Å². The molecule has 0 aliphatic rings. The van der Waals surface area contributed by atoms with E-state index in [2.05, 4.69) is 41.5 Å². The van der Waals surface area contributed by atoms with Crippen LogP contribution in [0.3, 0.4) is 0 Å². The number of fused-ring (bicyclic) bond motifs is 1. The normalized spacial score (nSPS) is 11.1. The highest BCUT2D eigenvalue weighted by atomic mass is 79.9. The minimum atomic E-state index is -2.75. The number of ether oxygens (including phenoxy) is 1. The number of nitrogens with zero attached hydrogens (tertiary/aromatic N) is 4. The van der Waals surface area contributed by atoms with E-state index < -0.39 is 18.9 Å². The third-order valence-electron chi connectivity index (χ3n) is 4.59. The maximum Gasteiger partial charge on any atom is 0.272 e. The zero-order chi connectivity index (χ0) is 24.4. The van der Waals surface area contributed by atoms with Crippen LogP contribution >= 0.6 is 39.1 Å². The maximum absolute atomic E-state index is 13.0. The molecule has 176 valence electrons. The number of rotatable bonds is 7. The molecule has 0 radical (unpaired) electrons. The van der Waals surface area contributed by atoms with Crippen LogP contribution in [0.15, 0.2) is 47.2 Å². The molecular formula is C21H15BrCl2F2N6O2. The number of benzene rings is 1. The first kappa shape index (κ1) is 24.1. The molecule has 0 aliphatic carbocycles. The lowest BCUT2D eigenvalue weighted by molar-refractivity contribution is 0.0781. The van der Waals surface area contributed by atoms with Gasteiger partial charge in [-0.3, -0.25) is 14.3 Å². The van der Waals surface area contributed by atoms with Crippen LogP contribution in [0, 0.1) is 0 Å². The zero-order valence-corrected chi connectivity index (χ0v) is 20.4. The average molecular weight is 572 g/mol. The number of amides is 1. The van der Waals surface area contributed by atoms with Crippen LogP contribution in [0.4, 0.5) is 26.1 Å². The van der Waals surface area contributed by atoms with Crippen molar-refractivity contribution in [2.24, 2.45) is 7.05 Å². The Hall–Kier alpha value is -3.02. The van der Waals surface area contributed by atoms with Crippen LogP contribution < -0.4 is 15.4 Å². The minimum absolute atomic E-state index is 0.0549. The van der Waals surface area contributed by atoms with Crippen molar-refractivity contribution in [2.45, 2.75) is 6.43 Å². The van der Waals surface area contributed by atoms with Gasteiger partial charge in [-0.1, -0.05) is 39.1 Å². The molecule has 4 aromatic rings. The molecule has 0 saturated carbocycles. The van der Waals surface area contributed by atoms with Gasteiger partial charge >= 0.3 is 0 Å². The second kappa shape index (κ2) is 10.1. The number of hydrogen-bond acceptors (Lipinski definition) is 6. The number of halogens is 5. The number of imidazole rings is 1. The summed E-state index contributed by atoms with van der Waals surface area (Å²) in [7, 11) is 1.64. The summed E-state index contributed by atoms with van der Waals surface area (Å²) in [5.41, 5.74) is 1.42. The molecule has 3 aromatic heterocycles. The van der Waals surface area contributed by atoms with Crippen LogP contribution in [0.5, 0.6) is 5.88 Å². The fourth-order valence-corrected chi connectivity index (χ4v) is 3.72. The van der Waals surface area contributed by atoms with Gasteiger partial charge in [0.25, 0.3) is 12.3 Å². The van der Waals surface area contributed by atoms with Crippen molar-refractivity contribution in [3.63, 3.8) is 0 Å². The summed E-state index contributed by atoms with van der Waals surface area (Å²) in [6, 6.07) is 8.27. The molecular weight excluding hydrogens is 557 g/mol. The molecule has 1 amide bonds. The molecule has 0 fully saturated rings. The standard InChI is InChI=1S/C21H15BrCl2F2N6O2/c1-32-18-15(29-21(32)30-17-13(23)7-27-8-14(17)24)6-12(20(31-18)34-9-16(25)26)19(33)28-11-4-2-10(22)3-5-11/h2-8,16H,9H2,1H3,(H,28,33)(H,27,29,30). The van der Waals surface area contributed by atoms with Gasteiger partial charge in [-0.15, -0.1) is 0 Å². The van der Waals surface area contributed by atoms with E-state index in [-0.39, 0.29) is 27.1 Å². The molecule has 8 nitrogen and oxygen atoms in total. The summed E-state index contributed by atoms with van der Waals surface area (Å²) >= 11 is 15.7.